The molecule has 1 N–H and O–H groups in total. The van der Waals surface area contributed by atoms with Crippen molar-refractivity contribution < 1.29 is 4.74 Å². The predicted octanol–water partition coefficient (Wildman–Crippen LogP) is 4.93. The molecule has 0 aliphatic carbocycles. The lowest BCUT2D eigenvalue weighted by molar-refractivity contribution is 0.309. The average molecular weight is 296 g/mol. The molecule has 0 saturated heterocycles. The summed E-state index contributed by atoms with van der Waals surface area (Å²) in [5, 5.41) is 4.32. The molecule has 0 spiro atoms. The highest BCUT2D eigenvalue weighted by molar-refractivity contribution is 5.84. The predicted molar refractivity (Wildman–Crippen MR) is 94.0 cm³/mol. The van der Waals surface area contributed by atoms with Crippen LogP contribution in [0.1, 0.15) is 36.5 Å². The smallest absolute Gasteiger partial charge is 0.128 e. The van der Waals surface area contributed by atoms with Gasteiger partial charge in [0.2, 0.25) is 0 Å². The van der Waals surface area contributed by atoms with E-state index in [1.54, 1.807) is 6.21 Å². The van der Waals surface area contributed by atoms with Gasteiger partial charge in [-0.15, -0.1) is 0 Å². The number of ether oxygens (including phenoxy) is 1. The van der Waals surface area contributed by atoms with Crippen molar-refractivity contribution in [1.29, 1.82) is 0 Å². The molecule has 2 aromatic rings. The van der Waals surface area contributed by atoms with Crippen molar-refractivity contribution in [1.82, 2.24) is 0 Å². The van der Waals surface area contributed by atoms with Gasteiger partial charge in [0.25, 0.3) is 0 Å². The van der Waals surface area contributed by atoms with Crippen molar-refractivity contribution in [2.75, 3.05) is 12.0 Å². The summed E-state index contributed by atoms with van der Waals surface area (Å²) in [5.74, 6) is 0.876. The topological polar surface area (TPSA) is 33.6 Å². The summed E-state index contributed by atoms with van der Waals surface area (Å²) in [6, 6.07) is 14.2. The van der Waals surface area contributed by atoms with Crippen LogP contribution in [0.2, 0.25) is 0 Å². The number of anilines is 1. The molecule has 0 unspecified atom stereocenters. The van der Waals surface area contributed by atoms with Crippen LogP contribution >= 0.6 is 0 Å². The molecule has 0 aliphatic rings. The number of para-hydroxylation sites is 1. The van der Waals surface area contributed by atoms with E-state index in [4.69, 9.17) is 4.74 Å². The lowest BCUT2D eigenvalue weighted by Gasteiger charge is -2.08. The first-order valence-corrected chi connectivity index (χ1v) is 7.79. The lowest BCUT2D eigenvalue weighted by Crippen LogP contribution is -2.00. The highest BCUT2D eigenvalue weighted by Gasteiger charge is 2.00. The van der Waals surface area contributed by atoms with Gasteiger partial charge in [-0.25, -0.2) is 0 Å². The van der Waals surface area contributed by atoms with Crippen LogP contribution in [0.25, 0.3) is 0 Å². The Bertz CT molecular complexity index is 635. The largest absolute Gasteiger partial charge is 0.493 e. The number of unbranched alkanes of at least 4 members (excludes halogenated alkanes) is 1. The van der Waals surface area contributed by atoms with Crippen molar-refractivity contribution in [3.05, 3.63) is 59.2 Å². The number of hydrogen-bond donors (Lipinski definition) is 1. The molecule has 0 fully saturated rings. The summed E-state index contributed by atoms with van der Waals surface area (Å²) in [4.78, 5) is 0. The van der Waals surface area contributed by atoms with Gasteiger partial charge >= 0.3 is 0 Å². The first-order chi connectivity index (χ1) is 10.7. The molecule has 0 heterocycles. The molecule has 0 radical (unpaired) electrons. The van der Waals surface area contributed by atoms with Crippen LogP contribution in [0, 0.1) is 13.8 Å². The second-order valence-corrected chi connectivity index (χ2v) is 5.41. The van der Waals surface area contributed by atoms with Crippen molar-refractivity contribution in [2.45, 2.75) is 33.6 Å². The van der Waals surface area contributed by atoms with Crippen LogP contribution < -0.4 is 10.2 Å². The quantitative estimate of drug-likeness (QED) is 0.446. The molecule has 3 heteroatoms. The van der Waals surface area contributed by atoms with Crippen molar-refractivity contribution in [3.8, 4) is 5.75 Å². The SMILES string of the molecule is CCCCOc1ccccc1C=NNc1ccc(C)c(C)c1. The van der Waals surface area contributed by atoms with Gasteiger partial charge in [0.15, 0.2) is 0 Å². The summed E-state index contributed by atoms with van der Waals surface area (Å²) < 4.78 is 5.80. The lowest BCUT2D eigenvalue weighted by atomic mass is 10.1. The van der Waals surface area contributed by atoms with E-state index >= 15 is 0 Å². The Morgan fingerprint density at radius 2 is 1.91 bits per heavy atom. The third kappa shape index (κ3) is 4.62. The molecule has 0 aromatic heterocycles. The molecule has 0 amide bonds. The Labute approximate surface area is 133 Å². The van der Waals surface area contributed by atoms with Gasteiger partial charge in [-0.05, 0) is 55.7 Å². The first kappa shape index (κ1) is 16.1. The molecule has 0 bridgehead atoms. The Balaban J connectivity index is 2.01. The first-order valence-electron chi connectivity index (χ1n) is 7.79. The van der Waals surface area contributed by atoms with Gasteiger partial charge in [-0.1, -0.05) is 31.5 Å². The van der Waals surface area contributed by atoms with Crippen LogP contribution in [-0.2, 0) is 0 Å². The minimum Gasteiger partial charge on any atom is -0.493 e. The highest BCUT2D eigenvalue weighted by Crippen LogP contribution is 2.17. The molecule has 0 saturated carbocycles. The fraction of sp³-hybridized carbons (Fsp3) is 0.316. The maximum absolute atomic E-state index is 5.80. The van der Waals surface area contributed by atoms with Crippen LogP contribution in [0.5, 0.6) is 5.75 Å². The maximum atomic E-state index is 5.80. The molecule has 22 heavy (non-hydrogen) atoms. The van der Waals surface area contributed by atoms with Crippen molar-refractivity contribution in [3.63, 3.8) is 0 Å². The molecule has 3 nitrogen and oxygen atoms in total. The average Bonchev–Trinajstić information content (AvgIpc) is 2.52. The number of rotatable bonds is 7. The molecule has 0 aliphatic heterocycles. The van der Waals surface area contributed by atoms with E-state index in [1.165, 1.54) is 11.1 Å². The molecule has 116 valence electrons. The zero-order chi connectivity index (χ0) is 15.8. The summed E-state index contributed by atoms with van der Waals surface area (Å²) in [7, 11) is 0. The van der Waals surface area contributed by atoms with Gasteiger partial charge in [0.05, 0.1) is 18.5 Å². The monoisotopic (exact) mass is 296 g/mol. The number of nitrogens with zero attached hydrogens (tertiary/aromatic N) is 1. The zero-order valence-electron chi connectivity index (χ0n) is 13.6. The van der Waals surface area contributed by atoms with Crippen LogP contribution in [0.4, 0.5) is 5.69 Å². The van der Waals surface area contributed by atoms with E-state index < -0.39 is 0 Å². The maximum Gasteiger partial charge on any atom is 0.128 e. The van der Waals surface area contributed by atoms with E-state index in [-0.39, 0.29) is 0 Å². The molecular weight excluding hydrogens is 272 g/mol. The number of aryl methyl sites for hydroxylation is 2. The van der Waals surface area contributed by atoms with E-state index in [0.29, 0.717) is 0 Å². The standard InChI is InChI=1S/C19H24N2O/c1-4-5-12-22-19-9-7-6-8-17(19)14-20-21-18-11-10-15(2)16(3)13-18/h6-11,13-14,21H,4-5,12H2,1-3H3. The molecule has 2 aromatic carbocycles. The normalized spacial score (nSPS) is 10.9. The molecular formula is C19H24N2O. The summed E-state index contributed by atoms with van der Waals surface area (Å²) in [6.07, 6.45) is 3.99. The minimum atomic E-state index is 0.742. The van der Waals surface area contributed by atoms with E-state index in [2.05, 4.69) is 43.4 Å². The third-order valence-corrected chi connectivity index (χ3v) is 3.58. The number of nitrogens with one attached hydrogen (secondary N) is 1. The number of hydrazone groups is 1. The second kappa shape index (κ2) is 8.23. The fourth-order valence-electron chi connectivity index (χ4n) is 2.03. The van der Waals surface area contributed by atoms with Gasteiger partial charge in [-0.3, -0.25) is 5.43 Å². The van der Waals surface area contributed by atoms with Crippen LogP contribution in [-0.4, -0.2) is 12.8 Å². The zero-order valence-corrected chi connectivity index (χ0v) is 13.6. The molecule has 0 atom stereocenters. The Morgan fingerprint density at radius 3 is 2.68 bits per heavy atom. The van der Waals surface area contributed by atoms with Crippen LogP contribution in [0.15, 0.2) is 47.6 Å². The van der Waals surface area contributed by atoms with Crippen LogP contribution in [0.3, 0.4) is 0 Å². The van der Waals surface area contributed by atoms with E-state index in [9.17, 15) is 0 Å². The Kier molecular flexibility index (Phi) is 6.01. The Hall–Kier alpha value is -2.29. The molecule has 2 rings (SSSR count). The third-order valence-electron chi connectivity index (χ3n) is 3.58. The van der Waals surface area contributed by atoms with Crippen molar-refractivity contribution >= 4 is 11.9 Å². The van der Waals surface area contributed by atoms with Gasteiger partial charge in [0, 0.05) is 5.56 Å². The van der Waals surface area contributed by atoms with E-state index in [0.717, 1.165) is 36.4 Å². The van der Waals surface area contributed by atoms with Crippen molar-refractivity contribution in [2.24, 2.45) is 5.10 Å². The minimum absolute atomic E-state index is 0.742. The summed E-state index contributed by atoms with van der Waals surface area (Å²) in [6.45, 7) is 7.10. The second-order valence-electron chi connectivity index (χ2n) is 5.41. The van der Waals surface area contributed by atoms with Gasteiger partial charge < -0.3 is 4.74 Å². The van der Waals surface area contributed by atoms with Gasteiger partial charge in [0.1, 0.15) is 5.75 Å². The Morgan fingerprint density at radius 1 is 1.09 bits per heavy atom. The highest BCUT2D eigenvalue weighted by atomic mass is 16.5. The number of hydrogen-bond acceptors (Lipinski definition) is 3. The summed E-state index contributed by atoms with van der Waals surface area (Å²) in [5.41, 5.74) is 7.58. The fourth-order valence-corrected chi connectivity index (χ4v) is 2.03. The van der Waals surface area contributed by atoms with E-state index in [1.807, 2.05) is 30.3 Å². The number of benzene rings is 2. The summed E-state index contributed by atoms with van der Waals surface area (Å²) >= 11 is 0. The van der Waals surface area contributed by atoms with Gasteiger partial charge in [-0.2, -0.15) is 5.10 Å².